The Kier molecular flexibility index (Phi) is 4.60. The fraction of sp³-hybridized carbons (Fsp3) is 0.0476. The summed E-state index contributed by atoms with van der Waals surface area (Å²) in [5.74, 6) is -0.280. The summed E-state index contributed by atoms with van der Waals surface area (Å²) in [5.41, 5.74) is 3.16. The van der Waals surface area contributed by atoms with Gasteiger partial charge in [-0.05, 0) is 47.9 Å². The van der Waals surface area contributed by atoms with E-state index in [9.17, 15) is 9.90 Å². The minimum atomic E-state index is -1.14. The Morgan fingerprint density at radius 3 is 2.50 bits per heavy atom. The number of fused-ring (bicyclic) bond motifs is 2. The van der Waals surface area contributed by atoms with Crippen molar-refractivity contribution in [3.05, 3.63) is 80.8 Å². The summed E-state index contributed by atoms with van der Waals surface area (Å²) in [4.78, 5) is 11.6. The van der Waals surface area contributed by atoms with Gasteiger partial charge in [-0.3, -0.25) is 0 Å². The van der Waals surface area contributed by atoms with Crippen molar-refractivity contribution >= 4 is 40.5 Å². The lowest BCUT2D eigenvalue weighted by Gasteiger charge is -2.24. The molecular formula is C21H12Cl2N2O3. The van der Waals surface area contributed by atoms with Crippen LogP contribution in [0.5, 0.6) is 11.5 Å². The first-order valence-electron chi connectivity index (χ1n) is 8.28. The molecule has 0 aliphatic carbocycles. The molecule has 3 aromatic carbocycles. The second kappa shape index (κ2) is 7.08. The molecule has 4 rings (SSSR count). The molecule has 0 fully saturated rings. The number of nitriles is 1. The van der Waals surface area contributed by atoms with Gasteiger partial charge in [-0.1, -0.05) is 35.3 Å². The maximum atomic E-state index is 11.6. The van der Waals surface area contributed by atoms with E-state index in [1.54, 1.807) is 12.1 Å². The summed E-state index contributed by atoms with van der Waals surface area (Å²) in [6.45, 7) is 0. The van der Waals surface area contributed by atoms with Crippen molar-refractivity contribution < 1.29 is 14.6 Å². The molecule has 0 saturated carbocycles. The molecule has 0 atom stereocenters. The molecule has 0 amide bonds. The van der Waals surface area contributed by atoms with Crippen LogP contribution in [0.2, 0.25) is 10.0 Å². The molecule has 1 aliphatic rings. The number of ether oxygens (including phenoxy) is 1. The molecule has 0 aromatic heterocycles. The van der Waals surface area contributed by atoms with Crippen LogP contribution >= 0.6 is 23.2 Å². The molecule has 0 radical (unpaired) electrons. The number of anilines is 2. The molecule has 3 aromatic rings. The number of rotatable bonds is 3. The molecule has 0 saturated heterocycles. The van der Waals surface area contributed by atoms with E-state index >= 15 is 0 Å². The molecule has 1 heterocycles. The Bertz CT molecular complexity index is 1170. The van der Waals surface area contributed by atoms with Crippen LogP contribution in [0.1, 0.15) is 27.0 Å². The number of hydrogen-bond donors (Lipinski definition) is 2. The van der Waals surface area contributed by atoms with Gasteiger partial charge in [-0.25, -0.2) is 4.79 Å². The molecule has 138 valence electrons. The number of aromatic carboxylic acids is 1. The third-order valence-electron chi connectivity index (χ3n) is 4.38. The normalized spacial score (nSPS) is 11.5. The highest BCUT2D eigenvalue weighted by molar-refractivity contribution is 6.42. The zero-order chi connectivity index (χ0) is 19.8. The monoisotopic (exact) mass is 410 g/mol. The van der Waals surface area contributed by atoms with Gasteiger partial charge in [0.05, 0.1) is 38.6 Å². The molecule has 1 aliphatic heterocycles. The van der Waals surface area contributed by atoms with E-state index < -0.39 is 5.97 Å². The van der Waals surface area contributed by atoms with Gasteiger partial charge < -0.3 is 15.2 Å². The van der Waals surface area contributed by atoms with Crippen molar-refractivity contribution in [2.75, 3.05) is 5.32 Å². The fourth-order valence-electron chi connectivity index (χ4n) is 3.07. The van der Waals surface area contributed by atoms with Gasteiger partial charge in [-0.2, -0.15) is 5.26 Å². The fourth-order valence-corrected chi connectivity index (χ4v) is 3.39. The minimum absolute atomic E-state index is 0.0189. The summed E-state index contributed by atoms with van der Waals surface area (Å²) in [6, 6.07) is 15.9. The first kappa shape index (κ1) is 18.2. The number of carboxylic acid groups (broad SMARTS) is 1. The third-order valence-corrected chi connectivity index (χ3v) is 5.12. The number of benzene rings is 3. The van der Waals surface area contributed by atoms with E-state index in [1.165, 1.54) is 12.1 Å². The quantitative estimate of drug-likeness (QED) is 0.432. The molecule has 0 spiro atoms. The van der Waals surface area contributed by atoms with Gasteiger partial charge in [0, 0.05) is 6.07 Å². The zero-order valence-corrected chi connectivity index (χ0v) is 15.8. The van der Waals surface area contributed by atoms with Crippen LogP contribution < -0.4 is 10.1 Å². The SMILES string of the molecule is N#Cc1cc2c(c(C(=O)O)c1)Nc1cc(Cc3ccc(Cl)c(Cl)c3)ccc1O2. The van der Waals surface area contributed by atoms with Crippen molar-refractivity contribution in [2.24, 2.45) is 0 Å². The Labute approximate surface area is 170 Å². The zero-order valence-electron chi connectivity index (χ0n) is 14.3. The predicted octanol–water partition coefficient (Wildman–Crippen LogP) is 6.00. The number of carbonyl (C=O) groups is 1. The van der Waals surface area contributed by atoms with Crippen LogP contribution in [0.4, 0.5) is 11.4 Å². The van der Waals surface area contributed by atoms with Gasteiger partial charge >= 0.3 is 5.97 Å². The molecule has 7 heteroatoms. The van der Waals surface area contributed by atoms with Crippen molar-refractivity contribution in [3.8, 4) is 17.6 Å². The van der Waals surface area contributed by atoms with Crippen LogP contribution in [-0.2, 0) is 6.42 Å². The van der Waals surface area contributed by atoms with Crippen molar-refractivity contribution in [1.82, 2.24) is 0 Å². The van der Waals surface area contributed by atoms with Gasteiger partial charge in [0.25, 0.3) is 0 Å². The summed E-state index contributed by atoms with van der Waals surface area (Å²) >= 11 is 12.0. The highest BCUT2D eigenvalue weighted by Gasteiger charge is 2.24. The Morgan fingerprint density at radius 2 is 1.79 bits per heavy atom. The maximum Gasteiger partial charge on any atom is 0.338 e. The van der Waals surface area contributed by atoms with Gasteiger partial charge in [0.2, 0.25) is 0 Å². The highest BCUT2D eigenvalue weighted by atomic mass is 35.5. The molecule has 28 heavy (non-hydrogen) atoms. The Hall–Kier alpha value is -3.20. The number of nitrogens with zero attached hydrogens (tertiary/aromatic N) is 1. The standard InChI is InChI=1S/C21H12Cl2N2O3/c22-15-3-1-11(7-16(15)23)5-12-2-4-18-17(8-12)25-20-14(21(26)27)6-13(10-24)9-19(20)28-18/h1-4,6-9,25H,5H2,(H,26,27). The summed E-state index contributed by atoms with van der Waals surface area (Å²) in [7, 11) is 0. The van der Waals surface area contributed by atoms with E-state index in [1.807, 2.05) is 30.3 Å². The largest absolute Gasteiger partial charge is 0.478 e. The second-order valence-corrected chi connectivity index (χ2v) is 7.11. The molecule has 0 bridgehead atoms. The minimum Gasteiger partial charge on any atom is -0.478 e. The number of carboxylic acids is 1. The van der Waals surface area contributed by atoms with Crippen LogP contribution in [0.25, 0.3) is 0 Å². The van der Waals surface area contributed by atoms with E-state index in [0.717, 1.165) is 11.1 Å². The van der Waals surface area contributed by atoms with Crippen LogP contribution in [0.3, 0.4) is 0 Å². The lowest BCUT2D eigenvalue weighted by atomic mass is 10.0. The summed E-state index contributed by atoms with van der Waals surface area (Å²) in [6.07, 6.45) is 0.623. The summed E-state index contributed by atoms with van der Waals surface area (Å²) < 4.78 is 5.84. The van der Waals surface area contributed by atoms with E-state index in [4.69, 9.17) is 33.2 Å². The van der Waals surface area contributed by atoms with Crippen LogP contribution in [0, 0.1) is 11.3 Å². The van der Waals surface area contributed by atoms with E-state index in [-0.39, 0.29) is 11.1 Å². The second-order valence-electron chi connectivity index (χ2n) is 6.30. The number of halogens is 2. The topological polar surface area (TPSA) is 82.4 Å². The highest BCUT2D eigenvalue weighted by Crippen LogP contribution is 2.44. The van der Waals surface area contributed by atoms with E-state index in [2.05, 4.69) is 5.32 Å². The van der Waals surface area contributed by atoms with Gasteiger partial charge in [0.15, 0.2) is 11.5 Å². The molecule has 0 unspecified atom stereocenters. The number of hydrogen-bond acceptors (Lipinski definition) is 4. The molecule has 2 N–H and O–H groups in total. The van der Waals surface area contributed by atoms with Crippen LogP contribution in [-0.4, -0.2) is 11.1 Å². The average molecular weight is 411 g/mol. The summed E-state index contributed by atoms with van der Waals surface area (Å²) in [5, 5.41) is 22.7. The average Bonchev–Trinajstić information content (AvgIpc) is 2.68. The van der Waals surface area contributed by atoms with Crippen molar-refractivity contribution in [3.63, 3.8) is 0 Å². The predicted molar refractivity (Wildman–Crippen MR) is 107 cm³/mol. The Balaban J connectivity index is 1.68. The smallest absolute Gasteiger partial charge is 0.338 e. The third kappa shape index (κ3) is 3.36. The lowest BCUT2D eigenvalue weighted by molar-refractivity contribution is 0.0697. The lowest BCUT2D eigenvalue weighted by Crippen LogP contribution is -2.10. The first-order valence-corrected chi connectivity index (χ1v) is 9.03. The van der Waals surface area contributed by atoms with Gasteiger partial charge in [-0.15, -0.1) is 0 Å². The maximum absolute atomic E-state index is 11.6. The first-order chi connectivity index (χ1) is 13.4. The van der Waals surface area contributed by atoms with Crippen molar-refractivity contribution in [1.29, 1.82) is 5.26 Å². The number of nitrogens with one attached hydrogen (secondary N) is 1. The van der Waals surface area contributed by atoms with E-state index in [0.29, 0.717) is 39.3 Å². The molecule has 5 nitrogen and oxygen atoms in total. The van der Waals surface area contributed by atoms with Crippen LogP contribution in [0.15, 0.2) is 48.5 Å². The van der Waals surface area contributed by atoms with Crippen molar-refractivity contribution in [2.45, 2.75) is 6.42 Å². The molecular weight excluding hydrogens is 399 g/mol. The Morgan fingerprint density at radius 1 is 1.04 bits per heavy atom. The van der Waals surface area contributed by atoms with Gasteiger partial charge in [0.1, 0.15) is 0 Å².